The fourth-order valence-corrected chi connectivity index (χ4v) is 7.68. The number of hydrogen-bond acceptors (Lipinski definition) is 6. The van der Waals surface area contributed by atoms with Gasteiger partial charge in [-0.2, -0.15) is 0 Å². The minimum Gasteiger partial charge on any atom is -0.462 e. The van der Waals surface area contributed by atoms with Crippen molar-refractivity contribution < 1.29 is 28.6 Å². The monoisotopic (exact) mass is 1020 g/mol. The first-order chi connectivity index (χ1) is 36.5. The van der Waals surface area contributed by atoms with Crippen LogP contribution < -0.4 is 0 Å². The third-order valence-electron chi connectivity index (χ3n) is 12.1. The standard InChI is InChI=1S/C68H108O6/c1-4-7-10-13-16-19-22-24-26-28-30-32-34-36-38-40-42-44-46-49-52-55-58-61-67(70)73-64-65(63-72-66(69)60-57-54-51-48-21-18-15-12-9-6-3)74-68(71)62-59-56-53-50-47-45-43-41-39-37-35-33-31-29-27-25-23-20-17-14-11-8-5-2/h7-8,10-11,16-17,19-20,24-27,30-33,36-39,42-45,65H,4-6,9,12-15,18,21-23,28-29,34-35,40-41,46-64H2,1-3H3/b10-7-,11-8-,19-16-,20-17-,26-24-,27-25-,32-30-,33-31-,38-36-,39-37-,44-42-,45-43-. The molecule has 0 aliphatic rings. The van der Waals surface area contributed by atoms with E-state index in [0.29, 0.717) is 12.8 Å². The summed E-state index contributed by atoms with van der Waals surface area (Å²) >= 11 is 0. The molecule has 0 aliphatic heterocycles. The van der Waals surface area contributed by atoms with Crippen LogP contribution in [0, 0.1) is 0 Å². The van der Waals surface area contributed by atoms with Gasteiger partial charge in [0.1, 0.15) is 13.2 Å². The minimum atomic E-state index is -0.808. The molecule has 0 rings (SSSR count). The third-order valence-corrected chi connectivity index (χ3v) is 12.1. The Bertz CT molecular complexity index is 1640. The topological polar surface area (TPSA) is 78.9 Å². The average Bonchev–Trinajstić information content (AvgIpc) is 3.40. The van der Waals surface area contributed by atoms with Gasteiger partial charge in [0.05, 0.1) is 0 Å². The van der Waals surface area contributed by atoms with Gasteiger partial charge in [0.2, 0.25) is 0 Å². The predicted octanol–water partition coefficient (Wildman–Crippen LogP) is 20.4. The summed E-state index contributed by atoms with van der Waals surface area (Å²) < 4.78 is 16.8. The first-order valence-corrected chi connectivity index (χ1v) is 29.8. The number of carbonyl (C=O) groups is 3. The van der Waals surface area contributed by atoms with Gasteiger partial charge in [-0.3, -0.25) is 14.4 Å². The lowest BCUT2D eigenvalue weighted by Gasteiger charge is -2.18. The van der Waals surface area contributed by atoms with Crippen LogP contribution in [0.3, 0.4) is 0 Å². The fourth-order valence-electron chi connectivity index (χ4n) is 7.68. The molecular weight excluding hydrogens is 913 g/mol. The Morgan fingerprint density at radius 3 is 0.824 bits per heavy atom. The molecule has 0 bridgehead atoms. The van der Waals surface area contributed by atoms with Crippen molar-refractivity contribution in [3.63, 3.8) is 0 Å². The van der Waals surface area contributed by atoms with Gasteiger partial charge in [0, 0.05) is 19.3 Å². The Kier molecular flexibility index (Phi) is 57.0. The Hall–Kier alpha value is -4.71. The summed E-state index contributed by atoms with van der Waals surface area (Å²) in [6.07, 6.45) is 87.0. The predicted molar refractivity (Wildman–Crippen MR) is 320 cm³/mol. The number of carbonyl (C=O) groups excluding carboxylic acids is 3. The van der Waals surface area contributed by atoms with Crippen molar-refractivity contribution in [2.75, 3.05) is 13.2 Å². The second kappa shape index (κ2) is 60.8. The molecule has 6 nitrogen and oxygen atoms in total. The van der Waals surface area contributed by atoms with Gasteiger partial charge in [-0.1, -0.05) is 250 Å². The lowest BCUT2D eigenvalue weighted by atomic mass is 10.1. The molecule has 416 valence electrons. The van der Waals surface area contributed by atoms with Crippen LogP contribution in [0.4, 0.5) is 0 Å². The number of hydrogen-bond donors (Lipinski definition) is 0. The van der Waals surface area contributed by atoms with Crippen LogP contribution in [0.15, 0.2) is 146 Å². The molecule has 0 N–H and O–H groups in total. The average molecular weight is 1020 g/mol. The maximum absolute atomic E-state index is 12.9. The van der Waals surface area contributed by atoms with Gasteiger partial charge in [0.15, 0.2) is 6.10 Å². The zero-order chi connectivity index (χ0) is 53.6. The van der Waals surface area contributed by atoms with Crippen LogP contribution in [-0.2, 0) is 28.6 Å². The molecule has 0 fully saturated rings. The maximum Gasteiger partial charge on any atom is 0.306 e. The van der Waals surface area contributed by atoms with E-state index in [1.807, 2.05) is 0 Å². The summed E-state index contributed by atoms with van der Waals surface area (Å²) in [7, 11) is 0. The number of allylic oxidation sites excluding steroid dienone is 24. The highest BCUT2D eigenvalue weighted by molar-refractivity contribution is 5.71. The first-order valence-electron chi connectivity index (χ1n) is 29.8. The second-order valence-corrected chi connectivity index (χ2v) is 19.1. The Morgan fingerprint density at radius 2 is 0.527 bits per heavy atom. The summed E-state index contributed by atoms with van der Waals surface area (Å²) in [5.41, 5.74) is 0. The van der Waals surface area contributed by atoms with Gasteiger partial charge in [-0.05, 0) is 122 Å². The van der Waals surface area contributed by atoms with Crippen molar-refractivity contribution in [3.8, 4) is 0 Å². The van der Waals surface area contributed by atoms with Crippen molar-refractivity contribution in [2.45, 2.75) is 252 Å². The Balaban J connectivity index is 4.44. The summed E-state index contributed by atoms with van der Waals surface area (Å²) in [5.74, 6) is -0.958. The van der Waals surface area contributed by atoms with Crippen molar-refractivity contribution in [2.24, 2.45) is 0 Å². The molecule has 74 heavy (non-hydrogen) atoms. The summed E-state index contributed by atoms with van der Waals surface area (Å²) in [4.78, 5) is 38.2. The summed E-state index contributed by atoms with van der Waals surface area (Å²) in [6, 6.07) is 0. The second-order valence-electron chi connectivity index (χ2n) is 19.1. The molecule has 0 aromatic heterocycles. The van der Waals surface area contributed by atoms with Gasteiger partial charge >= 0.3 is 17.9 Å². The van der Waals surface area contributed by atoms with Crippen molar-refractivity contribution in [1.29, 1.82) is 0 Å². The molecule has 0 aliphatic carbocycles. The van der Waals surface area contributed by atoms with E-state index in [1.54, 1.807) is 0 Å². The Labute approximate surface area is 455 Å². The van der Waals surface area contributed by atoms with Crippen LogP contribution in [0.25, 0.3) is 0 Å². The Morgan fingerprint density at radius 1 is 0.284 bits per heavy atom. The lowest BCUT2D eigenvalue weighted by Crippen LogP contribution is -2.30. The molecule has 0 aromatic rings. The smallest absolute Gasteiger partial charge is 0.306 e. The number of rotatable bonds is 52. The largest absolute Gasteiger partial charge is 0.462 e. The third kappa shape index (κ3) is 58.2. The van der Waals surface area contributed by atoms with Gasteiger partial charge < -0.3 is 14.2 Å². The highest BCUT2D eigenvalue weighted by Crippen LogP contribution is 2.14. The molecule has 0 saturated heterocycles. The van der Waals surface area contributed by atoms with Gasteiger partial charge in [-0.25, -0.2) is 0 Å². The maximum atomic E-state index is 12.9. The van der Waals surface area contributed by atoms with E-state index >= 15 is 0 Å². The molecule has 0 radical (unpaired) electrons. The van der Waals surface area contributed by atoms with E-state index < -0.39 is 6.10 Å². The summed E-state index contributed by atoms with van der Waals surface area (Å²) in [6.45, 7) is 6.35. The molecule has 0 aromatic carbocycles. The molecule has 6 heteroatoms. The first kappa shape index (κ1) is 69.3. The van der Waals surface area contributed by atoms with Crippen LogP contribution in [0.2, 0.25) is 0 Å². The quantitative estimate of drug-likeness (QED) is 0.0261. The SMILES string of the molecule is CC/C=C\C/C=C\C/C=C\C/C=C\C/C=C\C/C=C\CCCCCCC(=O)OCC(COC(=O)CCCCCCCCCCCC)OC(=O)CCCCCC/C=C\C/C=C\C/C=C\C/C=C\C/C=C\C/C=C\CC. The fraction of sp³-hybridized carbons (Fsp3) is 0.603. The molecule has 1 atom stereocenters. The molecule has 0 heterocycles. The van der Waals surface area contributed by atoms with Crippen LogP contribution >= 0.6 is 0 Å². The summed E-state index contributed by atoms with van der Waals surface area (Å²) in [5, 5.41) is 0. The number of esters is 3. The van der Waals surface area contributed by atoms with E-state index in [4.69, 9.17) is 14.2 Å². The van der Waals surface area contributed by atoms with Crippen LogP contribution in [0.5, 0.6) is 0 Å². The highest BCUT2D eigenvalue weighted by Gasteiger charge is 2.19. The minimum absolute atomic E-state index is 0.101. The molecular formula is C68H108O6. The molecule has 0 spiro atoms. The van der Waals surface area contributed by atoms with E-state index in [1.165, 1.54) is 44.9 Å². The van der Waals surface area contributed by atoms with E-state index in [0.717, 1.165) is 161 Å². The van der Waals surface area contributed by atoms with E-state index in [9.17, 15) is 14.4 Å². The zero-order valence-corrected chi connectivity index (χ0v) is 47.5. The zero-order valence-electron chi connectivity index (χ0n) is 47.5. The normalized spacial score (nSPS) is 13.2. The number of ether oxygens (including phenoxy) is 3. The van der Waals surface area contributed by atoms with Crippen molar-refractivity contribution in [3.05, 3.63) is 146 Å². The van der Waals surface area contributed by atoms with Crippen LogP contribution in [0.1, 0.15) is 245 Å². The molecule has 0 amide bonds. The lowest BCUT2D eigenvalue weighted by molar-refractivity contribution is -0.167. The van der Waals surface area contributed by atoms with Gasteiger partial charge in [-0.15, -0.1) is 0 Å². The molecule has 0 saturated carbocycles. The molecule has 1 unspecified atom stereocenters. The number of unbranched alkanes of at least 4 members (excludes halogenated alkanes) is 17. The van der Waals surface area contributed by atoms with Crippen molar-refractivity contribution in [1.82, 2.24) is 0 Å². The van der Waals surface area contributed by atoms with Crippen molar-refractivity contribution >= 4 is 17.9 Å². The van der Waals surface area contributed by atoms with Gasteiger partial charge in [0.25, 0.3) is 0 Å². The van der Waals surface area contributed by atoms with E-state index in [-0.39, 0.29) is 37.5 Å². The highest BCUT2D eigenvalue weighted by atomic mass is 16.6. The van der Waals surface area contributed by atoms with Crippen LogP contribution in [-0.4, -0.2) is 37.2 Å². The van der Waals surface area contributed by atoms with E-state index in [2.05, 4.69) is 167 Å².